The normalized spacial score (nSPS) is 10.7. The van der Waals surface area contributed by atoms with E-state index >= 15 is 0 Å². The average molecular weight is 522 g/mol. The van der Waals surface area contributed by atoms with E-state index in [9.17, 15) is 4.79 Å². The Hall–Kier alpha value is -4.05. The molecule has 0 fully saturated rings. The molecule has 0 atom stereocenters. The van der Waals surface area contributed by atoms with Gasteiger partial charge in [-0.2, -0.15) is 0 Å². The molecule has 0 unspecified atom stereocenters. The van der Waals surface area contributed by atoms with Crippen LogP contribution in [0, 0.1) is 0 Å². The zero-order valence-corrected chi connectivity index (χ0v) is 22.7. The van der Waals surface area contributed by atoms with Crippen molar-refractivity contribution in [3.63, 3.8) is 0 Å². The van der Waals surface area contributed by atoms with Crippen molar-refractivity contribution in [3.8, 4) is 11.5 Å². The highest BCUT2D eigenvalue weighted by Gasteiger charge is 2.08. The fraction of sp³-hybridized carbons (Fsp3) is 0.286. The fourth-order valence-electron chi connectivity index (χ4n) is 4.43. The molecule has 0 saturated heterocycles. The van der Waals surface area contributed by atoms with Crippen LogP contribution < -0.4 is 14.8 Å². The lowest BCUT2D eigenvalue weighted by molar-refractivity contribution is 0.103. The van der Waals surface area contributed by atoms with Crippen LogP contribution in [0.25, 0.3) is 0 Å². The van der Waals surface area contributed by atoms with Gasteiger partial charge in [0.05, 0.1) is 13.2 Å². The first kappa shape index (κ1) is 28.0. The molecule has 4 heteroatoms. The van der Waals surface area contributed by atoms with Crippen LogP contribution in [0.15, 0.2) is 109 Å². The summed E-state index contributed by atoms with van der Waals surface area (Å²) in [7, 11) is 0. The molecule has 0 radical (unpaired) electrons. The molecule has 0 saturated carbocycles. The van der Waals surface area contributed by atoms with Crippen LogP contribution in [-0.2, 0) is 0 Å². The molecule has 202 valence electrons. The summed E-state index contributed by atoms with van der Waals surface area (Å²) in [5.74, 6) is 1.78. The van der Waals surface area contributed by atoms with Gasteiger partial charge in [-0.1, -0.05) is 87.1 Å². The highest BCUT2D eigenvalue weighted by molar-refractivity contribution is 6.08. The molecule has 0 bridgehead atoms. The molecule has 4 aromatic carbocycles. The van der Waals surface area contributed by atoms with Gasteiger partial charge in [0, 0.05) is 22.5 Å². The van der Waals surface area contributed by atoms with Gasteiger partial charge in [0.15, 0.2) is 5.78 Å². The summed E-state index contributed by atoms with van der Waals surface area (Å²) in [6.45, 7) is 1.48. The molecule has 4 nitrogen and oxygen atoms in total. The van der Waals surface area contributed by atoms with E-state index in [2.05, 4.69) is 29.6 Å². The van der Waals surface area contributed by atoms with Crippen molar-refractivity contribution in [2.45, 2.75) is 51.4 Å². The van der Waals surface area contributed by atoms with Crippen molar-refractivity contribution in [3.05, 3.63) is 120 Å². The molecule has 0 amide bonds. The summed E-state index contributed by atoms with van der Waals surface area (Å²) in [4.78, 5) is 12.5. The molecule has 0 heterocycles. The molecule has 39 heavy (non-hydrogen) atoms. The van der Waals surface area contributed by atoms with Gasteiger partial charge in [-0.25, -0.2) is 0 Å². The van der Waals surface area contributed by atoms with Crippen LogP contribution in [0.2, 0.25) is 0 Å². The maximum Gasteiger partial charge on any atom is 0.193 e. The summed E-state index contributed by atoms with van der Waals surface area (Å²) < 4.78 is 11.8. The number of rotatable bonds is 17. The molecule has 0 aromatic heterocycles. The molecule has 0 aliphatic heterocycles. The summed E-state index contributed by atoms with van der Waals surface area (Å²) in [5, 5.41) is 3.39. The smallest absolute Gasteiger partial charge is 0.193 e. The largest absolute Gasteiger partial charge is 0.494 e. The predicted molar refractivity (Wildman–Crippen MR) is 160 cm³/mol. The zero-order valence-electron chi connectivity index (χ0n) is 22.7. The van der Waals surface area contributed by atoms with Gasteiger partial charge in [-0.3, -0.25) is 4.79 Å². The SMILES string of the molecule is O=C(c1ccccc1)c1ccc(OCCCCCCCCCCOc2ccc(Nc3ccccc3)cc2)cc1. The first-order valence-electron chi connectivity index (χ1n) is 14.2. The van der Waals surface area contributed by atoms with Crippen molar-refractivity contribution in [1.29, 1.82) is 0 Å². The number of carbonyl (C=O) groups excluding carboxylic acids is 1. The Morgan fingerprint density at radius 2 is 0.872 bits per heavy atom. The summed E-state index contributed by atoms with van der Waals surface area (Å²) >= 11 is 0. The van der Waals surface area contributed by atoms with Crippen LogP contribution in [-0.4, -0.2) is 19.0 Å². The second kappa shape index (κ2) is 16.0. The molecule has 1 N–H and O–H groups in total. The van der Waals surface area contributed by atoms with E-state index in [4.69, 9.17) is 9.47 Å². The highest BCUT2D eigenvalue weighted by Crippen LogP contribution is 2.20. The van der Waals surface area contributed by atoms with Gasteiger partial charge in [0.2, 0.25) is 0 Å². The second-order valence-corrected chi connectivity index (χ2v) is 9.76. The number of benzene rings is 4. The lowest BCUT2D eigenvalue weighted by Crippen LogP contribution is -2.01. The number of ketones is 1. The second-order valence-electron chi connectivity index (χ2n) is 9.76. The van der Waals surface area contributed by atoms with Crippen LogP contribution in [0.5, 0.6) is 11.5 Å². The van der Waals surface area contributed by atoms with E-state index in [1.165, 1.54) is 38.5 Å². The van der Waals surface area contributed by atoms with Crippen LogP contribution in [0.3, 0.4) is 0 Å². The third kappa shape index (κ3) is 9.97. The quantitative estimate of drug-likeness (QED) is 0.111. The molecular weight excluding hydrogens is 482 g/mol. The van der Waals surface area contributed by atoms with Gasteiger partial charge in [0.1, 0.15) is 11.5 Å². The Kier molecular flexibility index (Phi) is 11.5. The molecule has 4 rings (SSSR count). The van der Waals surface area contributed by atoms with Crippen molar-refractivity contribution < 1.29 is 14.3 Å². The van der Waals surface area contributed by atoms with E-state index < -0.39 is 0 Å². The Balaban J connectivity index is 0.971. The number of anilines is 2. The third-order valence-electron chi connectivity index (χ3n) is 6.65. The standard InChI is InChI=1S/C35H39NO3/c37-35(29-15-9-7-10-16-29)30-19-23-33(24-20-30)38-27-13-5-3-1-2-4-6-14-28-39-34-25-21-32(22-26-34)36-31-17-11-8-12-18-31/h7-12,15-26,36H,1-6,13-14,27-28H2. The number of unbranched alkanes of at least 4 members (excludes halogenated alkanes) is 7. The fourth-order valence-corrected chi connectivity index (χ4v) is 4.43. The van der Waals surface area contributed by atoms with Crippen molar-refractivity contribution in [1.82, 2.24) is 0 Å². The minimum Gasteiger partial charge on any atom is -0.494 e. The van der Waals surface area contributed by atoms with E-state index in [0.29, 0.717) is 17.7 Å². The van der Waals surface area contributed by atoms with Crippen LogP contribution >= 0.6 is 0 Å². The van der Waals surface area contributed by atoms with Crippen LogP contribution in [0.1, 0.15) is 67.3 Å². The monoisotopic (exact) mass is 521 g/mol. The molecule has 0 aliphatic carbocycles. The van der Waals surface area contributed by atoms with Gasteiger partial charge in [0.25, 0.3) is 0 Å². The lowest BCUT2D eigenvalue weighted by Gasteiger charge is -2.09. The first-order chi connectivity index (χ1) is 19.3. The van der Waals surface area contributed by atoms with E-state index in [-0.39, 0.29) is 5.78 Å². The number of ether oxygens (including phenoxy) is 2. The number of hydrogen-bond donors (Lipinski definition) is 1. The Bertz CT molecular complexity index is 1220. The minimum absolute atomic E-state index is 0.0388. The topological polar surface area (TPSA) is 47.6 Å². The number of hydrogen-bond acceptors (Lipinski definition) is 4. The maximum atomic E-state index is 12.5. The Labute approximate surface area is 233 Å². The van der Waals surface area contributed by atoms with Crippen molar-refractivity contribution in [2.75, 3.05) is 18.5 Å². The number of carbonyl (C=O) groups is 1. The summed E-state index contributed by atoms with van der Waals surface area (Å²) in [5.41, 5.74) is 3.54. The molecular formula is C35H39NO3. The van der Waals surface area contributed by atoms with E-state index in [0.717, 1.165) is 42.3 Å². The third-order valence-corrected chi connectivity index (χ3v) is 6.65. The molecule has 0 aliphatic rings. The van der Waals surface area contributed by atoms with Gasteiger partial charge in [-0.15, -0.1) is 0 Å². The molecule has 0 spiro atoms. The first-order valence-corrected chi connectivity index (χ1v) is 14.2. The van der Waals surface area contributed by atoms with Crippen LogP contribution in [0.4, 0.5) is 11.4 Å². The Morgan fingerprint density at radius 3 is 1.41 bits per heavy atom. The van der Waals surface area contributed by atoms with Crippen molar-refractivity contribution >= 4 is 17.2 Å². The summed E-state index contributed by atoms with van der Waals surface area (Å²) in [6, 6.07) is 35.1. The maximum absolute atomic E-state index is 12.5. The molecule has 4 aromatic rings. The number of nitrogens with one attached hydrogen (secondary N) is 1. The van der Waals surface area contributed by atoms with E-state index in [1.807, 2.05) is 84.9 Å². The highest BCUT2D eigenvalue weighted by atomic mass is 16.5. The van der Waals surface area contributed by atoms with Gasteiger partial charge in [-0.05, 0) is 73.5 Å². The Morgan fingerprint density at radius 1 is 0.462 bits per heavy atom. The lowest BCUT2D eigenvalue weighted by atomic mass is 10.0. The van der Waals surface area contributed by atoms with Gasteiger partial charge >= 0.3 is 0 Å². The zero-order chi connectivity index (χ0) is 27.0. The predicted octanol–water partition coefficient (Wildman–Crippen LogP) is 9.24. The van der Waals surface area contributed by atoms with E-state index in [1.54, 1.807) is 0 Å². The number of para-hydroxylation sites is 1. The van der Waals surface area contributed by atoms with Crippen molar-refractivity contribution in [2.24, 2.45) is 0 Å². The van der Waals surface area contributed by atoms with Gasteiger partial charge < -0.3 is 14.8 Å². The minimum atomic E-state index is 0.0388. The average Bonchev–Trinajstić information content (AvgIpc) is 2.99. The summed E-state index contributed by atoms with van der Waals surface area (Å²) in [6.07, 6.45) is 9.58.